The molecule has 0 aromatic carbocycles. The quantitative estimate of drug-likeness (QED) is 0.348. The Bertz CT molecular complexity index is 230. The summed E-state index contributed by atoms with van der Waals surface area (Å²) in [5, 5.41) is 6.42. The van der Waals surface area contributed by atoms with Gasteiger partial charge in [0.15, 0.2) is 5.96 Å². The minimum atomic E-state index is 0.689. The number of aliphatic imine (C=N–C) groups is 1. The number of nitrogens with one attached hydrogen (secondary N) is 2. The highest BCUT2D eigenvalue weighted by Gasteiger charge is 2.20. The van der Waals surface area contributed by atoms with E-state index >= 15 is 0 Å². The van der Waals surface area contributed by atoms with Crippen molar-refractivity contribution in [3.8, 4) is 0 Å². The van der Waals surface area contributed by atoms with Crippen LogP contribution in [0.25, 0.3) is 0 Å². The van der Waals surface area contributed by atoms with E-state index in [9.17, 15) is 0 Å². The molecular formula is C13H27N3O2. The molecule has 5 nitrogen and oxygen atoms in total. The highest BCUT2D eigenvalue weighted by molar-refractivity contribution is 5.79. The average Bonchev–Trinajstić information content (AvgIpc) is 3.17. The largest absolute Gasteiger partial charge is 0.383 e. The van der Waals surface area contributed by atoms with Crippen LogP contribution in [0.1, 0.15) is 26.2 Å². The first-order valence-corrected chi connectivity index (χ1v) is 6.95. The van der Waals surface area contributed by atoms with Crippen LogP contribution in [-0.2, 0) is 9.47 Å². The van der Waals surface area contributed by atoms with Crippen molar-refractivity contribution in [3.05, 3.63) is 0 Å². The van der Waals surface area contributed by atoms with E-state index in [2.05, 4.69) is 22.5 Å². The number of guanidine groups is 1. The van der Waals surface area contributed by atoms with Gasteiger partial charge in [0.1, 0.15) is 0 Å². The molecule has 0 unspecified atom stereocenters. The summed E-state index contributed by atoms with van der Waals surface area (Å²) in [6.07, 6.45) is 3.69. The molecule has 0 aliphatic heterocycles. The van der Waals surface area contributed by atoms with Gasteiger partial charge in [0, 0.05) is 40.0 Å². The molecule has 0 aromatic rings. The van der Waals surface area contributed by atoms with E-state index < -0.39 is 0 Å². The predicted octanol–water partition coefficient (Wildman–Crippen LogP) is 1.00. The normalized spacial score (nSPS) is 15.8. The van der Waals surface area contributed by atoms with Crippen LogP contribution < -0.4 is 10.6 Å². The maximum atomic E-state index is 5.57. The van der Waals surface area contributed by atoms with Gasteiger partial charge in [-0.2, -0.15) is 0 Å². The summed E-state index contributed by atoms with van der Waals surface area (Å²) in [4.78, 5) is 4.48. The molecule has 106 valence electrons. The van der Waals surface area contributed by atoms with E-state index in [1.165, 1.54) is 12.8 Å². The van der Waals surface area contributed by atoms with Crippen molar-refractivity contribution in [2.45, 2.75) is 26.2 Å². The number of rotatable bonds is 10. The maximum Gasteiger partial charge on any atom is 0.191 e. The molecular weight excluding hydrogens is 230 g/mol. The van der Waals surface area contributed by atoms with Crippen molar-refractivity contribution in [3.63, 3.8) is 0 Å². The Morgan fingerprint density at radius 3 is 2.78 bits per heavy atom. The Morgan fingerprint density at radius 1 is 1.28 bits per heavy atom. The molecule has 0 atom stereocenters. The van der Waals surface area contributed by atoms with Crippen LogP contribution in [0.4, 0.5) is 0 Å². The third-order valence-electron chi connectivity index (χ3n) is 2.71. The topological polar surface area (TPSA) is 54.9 Å². The van der Waals surface area contributed by atoms with Crippen molar-refractivity contribution < 1.29 is 9.47 Å². The predicted molar refractivity (Wildman–Crippen MR) is 74.0 cm³/mol. The van der Waals surface area contributed by atoms with Crippen molar-refractivity contribution in [1.29, 1.82) is 0 Å². The first kappa shape index (κ1) is 15.2. The zero-order valence-corrected chi connectivity index (χ0v) is 11.7. The minimum Gasteiger partial charge on any atom is -0.383 e. The first-order valence-electron chi connectivity index (χ1n) is 6.95. The third kappa shape index (κ3) is 8.31. The Morgan fingerprint density at radius 2 is 2.11 bits per heavy atom. The van der Waals surface area contributed by atoms with Crippen LogP contribution in [0.3, 0.4) is 0 Å². The van der Waals surface area contributed by atoms with Gasteiger partial charge in [0.25, 0.3) is 0 Å². The molecule has 1 rings (SSSR count). The summed E-state index contributed by atoms with van der Waals surface area (Å²) in [7, 11) is 1.70. The van der Waals surface area contributed by atoms with Gasteiger partial charge >= 0.3 is 0 Å². The van der Waals surface area contributed by atoms with Gasteiger partial charge in [-0.15, -0.1) is 0 Å². The van der Waals surface area contributed by atoms with Crippen LogP contribution in [-0.4, -0.2) is 52.5 Å². The van der Waals surface area contributed by atoms with Crippen LogP contribution in [0.5, 0.6) is 0 Å². The molecule has 2 N–H and O–H groups in total. The second-order valence-electron chi connectivity index (χ2n) is 4.55. The fraction of sp³-hybridized carbons (Fsp3) is 0.923. The molecule has 1 saturated carbocycles. The van der Waals surface area contributed by atoms with Gasteiger partial charge in [0.2, 0.25) is 0 Å². The Hall–Kier alpha value is -0.810. The van der Waals surface area contributed by atoms with Crippen molar-refractivity contribution in [1.82, 2.24) is 10.6 Å². The minimum absolute atomic E-state index is 0.689. The number of hydrogen-bond acceptors (Lipinski definition) is 3. The van der Waals surface area contributed by atoms with Crippen molar-refractivity contribution in [2.75, 3.05) is 46.6 Å². The van der Waals surface area contributed by atoms with Crippen molar-refractivity contribution in [2.24, 2.45) is 10.9 Å². The molecule has 0 spiro atoms. The zero-order chi connectivity index (χ0) is 13.1. The van der Waals surface area contributed by atoms with Gasteiger partial charge in [-0.3, -0.25) is 4.99 Å². The van der Waals surface area contributed by atoms with Crippen LogP contribution in [0, 0.1) is 5.92 Å². The number of hydrogen-bond donors (Lipinski definition) is 2. The van der Waals surface area contributed by atoms with Gasteiger partial charge in [-0.25, -0.2) is 0 Å². The fourth-order valence-corrected chi connectivity index (χ4v) is 1.51. The van der Waals surface area contributed by atoms with Gasteiger partial charge in [0.05, 0.1) is 6.61 Å². The zero-order valence-electron chi connectivity index (χ0n) is 11.7. The highest BCUT2D eigenvalue weighted by Crippen LogP contribution is 2.28. The fourth-order valence-electron chi connectivity index (χ4n) is 1.51. The van der Waals surface area contributed by atoms with Crippen LogP contribution >= 0.6 is 0 Å². The summed E-state index contributed by atoms with van der Waals surface area (Å²) in [6, 6.07) is 0. The third-order valence-corrected chi connectivity index (χ3v) is 2.71. The second kappa shape index (κ2) is 10.1. The molecule has 0 saturated heterocycles. The maximum absolute atomic E-state index is 5.57. The van der Waals surface area contributed by atoms with Gasteiger partial charge in [-0.1, -0.05) is 0 Å². The smallest absolute Gasteiger partial charge is 0.191 e. The van der Waals surface area contributed by atoms with Gasteiger partial charge in [-0.05, 0) is 32.1 Å². The molecule has 0 bridgehead atoms. The Kier molecular flexibility index (Phi) is 8.59. The van der Waals surface area contributed by atoms with Crippen molar-refractivity contribution >= 4 is 5.96 Å². The molecule has 0 amide bonds. The molecule has 1 aliphatic carbocycles. The number of nitrogens with zero attached hydrogens (tertiary/aromatic N) is 1. The SMILES string of the molecule is CCNC(=NCCCOCC1CC1)NCCOC. The molecule has 5 heteroatoms. The molecule has 0 heterocycles. The molecule has 0 aromatic heterocycles. The summed E-state index contributed by atoms with van der Waals surface area (Å²) >= 11 is 0. The average molecular weight is 257 g/mol. The summed E-state index contributed by atoms with van der Waals surface area (Å²) in [5.74, 6) is 1.71. The lowest BCUT2D eigenvalue weighted by Crippen LogP contribution is -2.39. The first-order chi connectivity index (χ1) is 8.86. The van der Waals surface area contributed by atoms with E-state index in [0.717, 1.165) is 51.1 Å². The van der Waals surface area contributed by atoms with Gasteiger partial charge < -0.3 is 20.1 Å². The lowest BCUT2D eigenvalue weighted by atomic mass is 10.4. The molecule has 0 radical (unpaired) electrons. The molecule has 1 aliphatic rings. The van der Waals surface area contributed by atoms with Crippen LogP contribution in [0.2, 0.25) is 0 Å². The monoisotopic (exact) mass is 257 g/mol. The Labute approximate surface area is 110 Å². The van der Waals surface area contributed by atoms with Crippen LogP contribution in [0.15, 0.2) is 4.99 Å². The molecule has 18 heavy (non-hydrogen) atoms. The van der Waals surface area contributed by atoms with E-state index in [1.807, 2.05) is 0 Å². The lowest BCUT2D eigenvalue weighted by Gasteiger charge is -2.10. The molecule has 1 fully saturated rings. The standard InChI is InChI=1S/C13H27N3O2/c1-3-14-13(16-8-10-17-2)15-7-4-9-18-11-12-5-6-12/h12H,3-11H2,1-2H3,(H2,14,15,16). The summed E-state index contributed by atoms with van der Waals surface area (Å²) < 4.78 is 10.6. The number of methoxy groups -OCH3 is 1. The van der Waals surface area contributed by atoms with E-state index in [1.54, 1.807) is 7.11 Å². The lowest BCUT2D eigenvalue weighted by molar-refractivity contribution is 0.123. The Balaban J connectivity index is 2.01. The summed E-state index contributed by atoms with van der Waals surface area (Å²) in [5.41, 5.74) is 0. The number of ether oxygens (including phenoxy) is 2. The highest BCUT2D eigenvalue weighted by atomic mass is 16.5. The van der Waals surface area contributed by atoms with E-state index in [-0.39, 0.29) is 0 Å². The van der Waals surface area contributed by atoms with E-state index in [4.69, 9.17) is 9.47 Å². The summed E-state index contributed by atoms with van der Waals surface area (Å²) in [6.45, 7) is 6.96. The second-order valence-corrected chi connectivity index (χ2v) is 4.55. The van der Waals surface area contributed by atoms with E-state index in [0.29, 0.717) is 6.61 Å².